The average molecular weight is 324 g/mol. The predicted molar refractivity (Wildman–Crippen MR) is 74.9 cm³/mol. The van der Waals surface area contributed by atoms with Crippen molar-refractivity contribution in [2.45, 2.75) is 6.92 Å². The number of anilines is 1. The van der Waals surface area contributed by atoms with Gasteiger partial charge in [-0.3, -0.25) is 4.79 Å². The second-order valence-electron chi connectivity index (χ2n) is 4.10. The molecule has 2 rings (SSSR count). The lowest BCUT2D eigenvalue weighted by molar-refractivity contribution is 0.102. The third kappa shape index (κ3) is 3.12. The zero-order valence-electron chi connectivity index (χ0n) is 10.1. The molecule has 0 bridgehead atoms. The van der Waals surface area contributed by atoms with Gasteiger partial charge in [-0.25, -0.2) is 4.39 Å². The summed E-state index contributed by atoms with van der Waals surface area (Å²) in [4.78, 5) is 11.9. The minimum absolute atomic E-state index is 0.0521. The van der Waals surface area contributed by atoms with Crippen LogP contribution in [0.4, 0.5) is 10.1 Å². The highest BCUT2D eigenvalue weighted by Gasteiger charge is 2.13. The molecule has 0 aliphatic rings. The molecule has 0 fully saturated rings. The Morgan fingerprint density at radius 1 is 1.26 bits per heavy atom. The van der Waals surface area contributed by atoms with Gasteiger partial charge in [0.1, 0.15) is 11.6 Å². The molecule has 98 valence electrons. The Bertz CT molecular complexity index is 643. The second kappa shape index (κ2) is 5.40. The molecule has 0 aromatic heterocycles. The van der Waals surface area contributed by atoms with Gasteiger partial charge in [0.25, 0.3) is 5.91 Å². The lowest BCUT2D eigenvalue weighted by Gasteiger charge is -2.09. The fraction of sp³-hybridized carbons (Fsp3) is 0.0714. The number of amides is 1. The molecule has 1 amide bonds. The summed E-state index contributed by atoms with van der Waals surface area (Å²) in [5, 5.41) is 12.2. The topological polar surface area (TPSA) is 49.3 Å². The van der Waals surface area contributed by atoms with Crippen LogP contribution in [0.25, 0.3) is 0 Å². The van der Waals surface area contributed by atoms with Crippen LogP contribution in [0.5, 0.6) is 5.75 Å². The summed E-state index contributed by atoms with van der Waals surface area (Å²) in [5.74, 6) is -1.28. The van der Waals surface area contributed by atoms with Crippen LogP contribution in [0.3, 0.4) is 0 Å². The number of nitrogens with one attached hydrogen (secondary N) is 1. The van der Waals surface area contributed by atoms with Crippen molar-refractivity contribution >= 4 is 27.5 Å². The van der Waals surface area contributed by atoms with Crippen molar-refractivity contribution in [3.05, 3.63) is 57.8 Å². The number of rotatable bonds is 2. The van der Waals surface area contributed by atoms with Gasteiger partial charge in [-0.2, -0.15) is 0 Å². The first-order chi connectivity index (χ1) is 8.97. The minimum Gasteiger partial charge on any atom is -0.506 e. The molecule has 0 aliphatic heterocycles. The van der Waals surface area contributed by atoms with E-state index in [9.17, 15) is 14.3 Å². The number of phenols is 1. The third-order valence-electron chi connectivity index (χ3n) is 2.57. The van der Waals surface area contributed by atoms with Gasteiger partial charge < -0.3 is 10.4 Å². The molecule has 0 spiro atoms. The Labute approximate surface area is 118 Å². The van der Waals surface area contributed by atoms with Gasteiger partial charge in [-0.15, -0.1) is 0 Å². The van der Waals surface area contributed by atoms with E-state index >= 15 is 0 Å². The normalized spacial score (nSPS) is 10.3. The minimum atomic E-state index is -0.618. The standard InChI is InChI=1S/C14H11BrFNO2/c1-8-2-5-12(13(18)6-8)17-14(19)10-7-9(15)3-4-11(10)16/h2-7,18H,1H3,(H,17,19). The molecule has 0 saturated heterocycles. The number of halogens is 2. The smallest absolute Gasteiger partial charge is 0.258 e. The number of carbonyl (C=O) groups is 1. The van der Waals surface area contributed by atoms with Crippen molar-refractivity contribution in [3.8, 4) is 5.75 Å². The molecule has 5 heteroatoms. The van der Waals surface area contributed by atoms with E-state index < -0.39 is 11.7 Å². The highest BCUT2D eigenvalue weighted by molar-refractivity contribution is 9.10. The van der Waals surface area contributed by atoms with Gasteiger partial charge in [0.05, 0.1) is 11.3 Å². The fourth-order valence-corrected chi connectivity index (χ4v) is 1.97. The van der Waals surface area contributed by atoms with E-state index in [0.29, 0.717) is 4.47 Å². The van der Waals surface area contributed by atoms with Crippen molar-refractivity contribution in [2.75, 3.05) is 5.32 Å². The van der Waals surface area contributed by atoms with Gasteiger partial charge >= 0.3 is 0 Å². The molecular formula is C14H11BrFNO2. The van der Waals surface area contributed by atoms with Gasteiger partial charge in [0.15, 0.2) is 0 Å². The summed E-state index contributed by atoms with van der Waals surface area (Å²) in [6, 6.07) is 8.93. The summed E-state index contributed by atoms with van der Waals surface area (Å²) in [5.41, 5.74) is 1.02. The number of aryl methyl sites for hydroxylation is 1. The number of carbonyl (C=O) groups excluding carboxylic acids is 1. The molecule has 2 N–H and O–H groups in total. The van der Waals surface area contributed by atoms with Crippen LogP contribution >= 0.6 is 15.9 Å². The zero-order chi connectivity index (χ0) is 14.0. The highest BCUT2D eigenvalue weighted by Crippen LogP contribution is 2.25. The van der Waals surface area contributed by atoms with E-state index in [2.05, 4.69) is 21.2 Å². The lowest BCUT2D eigenvalue weighted by Crippen LogP contribution is -2.13. The van der Waals surface area contributed by atoms with Crippen LogP contribution in [-0.2, 0) is 0 Å². The van der Waals surface area contributed by atoms with E-state index in [4.69, 9.17) is 0 Å². The Morgan fingerprint density at radius 3 is 2.68 bits per heavy atom. The first kappa shape index (κ1) is 13.5. The van der Waals surface area contributed by atoms with Crippen molar-refractivity contribution in [1.82, 2.24) is 0 Å². The number of aromatic hydroxyl groups is 1. The summed E-state index contributed by atoms with van der Waals surface area (Å²) in [7, 11) is 0. The average Bonchev–Trinajstić information content (AvgIpc) is 2.35. The Morgan fingerprint density at radius 2 is 2.00 bits per heavy atom. The zero-order valence-corrected chi connectivity index (χ0v) is 11.7. The van der Waals surface area contributed by atoms with Crippen LogP contribution < -0.4 is 5.32 Å². The number of hydrogen-bond donors (Lipinski definition) is 2. The maximum absolute atomic E-state index is 13.5. The number of hydrogen-bond acceptors (Lipinski definition) is 2. The third-order valence-corrected chi connectivity index (χ3v) is 3.07. The van der Waals surface area contributed by atoms with E-state index in [-0.39, 0.29) is 17.0 Å². The first-order valence-electron chi connectivity index (χ1n) is 5.53. The van der Waals surface area contributed by atoms with Crippen LogP contribution in [-0.4, -0.2) is 11.0 Å². The monoisotopic (exact) mass is 323 g/mol. The Balaban J connectivity index is 2.28. The fourth-order valence-electron chi connectivity index (χ4n) is 1.61. The maximum atomic E-state index is 13.5. The molecule has 0 atom stereocenters. The maximum Gasteiger partial charge on any atom is 0.258 e. The Kier molecular flexibility index (Phi) is 3.85. The quantitative estimate of drug-likeness (QED) is 0.824. The SMILES string of the molecule is Cc1ccc(NC(=O)c2cc(Br)ccc2F)c(O)c1. The molecule has 0 unspecified atom stereocenters. The summed E-state index contributed by atoms with van der Waals surface area (Å²) < 4.78 is 14.1. The van der Waals surface area contributed by atoms with Crippen LogP contribution in [0.2, 0.25) is 0 Å². The summed E-state index contributed by atoms with van der Waals surface area (Å²) in [6.45, 7) is 1.82. The van der Waals surface area contributed by atoms with Gasteiger partial charge in [-0.1, -0.05) is 22.0 Å². The summed E-state index contributed by atoms with van der Waals surface area (Å²) in [6.07, 6.45) is 0. The second-order valence-corrected chi connectivity index (χ2v) is 5.01. The van der Waals surface area contributed by atoms with Crippen LogP contribution in [0.15, 0.2) is 40.9 Å². The van der Waals surface area contributed by atoms with E-state index in [1.165, 1.54) is 24.3 Å². The molecule has 0 radical (unpaired) electrons. The lowest BCUT2D eigenvalue weighted by atomic mass is 10.1. The molecule has 3 nitrogen and oxygen atoms in total. The van der Waals surface area contributed by atoms with Gasteiger partial charge in [-0.05, 0) is 42.8 Å². The van der Waals surface area contributed by atoms with E-state index in [1.807, 2.05) is 6.92 Å². The molecule has 0 saturated carbocycles. The largest absolute Gasteiger partial charge is 0.506 e. The molecule has 0 heterocycles. The van der Waals surface area contributed by atoms with E-state index in [1.54, 1.807) is 12.1 Å². The van der Waals surface area contributed by atoms with Crippen molar-refractivity contribution in [1.29, 1.82) is 0 Å². The number of phenolic OH excluding ortho intramolecular Hbond substituents is 1. The van der Waals surface area contributed by atoms with Gasteiger partial charge in [0, 0.05) is 4.47 Å². The molecule has 2 aromatic carbocycles. The molecular weight excluding hydrogens is 313 g/mol. The van der Waals surface area contributed by atoms with Crippen molar-refractivity contribution in [3.63, 3.8) is 0 Å². The van der Waals surface area contributed by atoms with Crippen LogP contribution in [0.1, 0.15) is 15.9 Å². The van der Waals surface area contributed by atoms with Crippen LogP contribution in [0, 0.1) is 12.7 Å². The first-order valence-corrected chi connectivity index (χ1v) is 6.32. The van der Waals surface area contributed by atoms with E-state index in [0.717, 1.165) is 5.56 Å². The molecule has 19 heavy (non-hydrogen) atoms. The van der Waals surface area contributed by atoms with Gasteiger partial charge in [0.2, 0.25) is 0 Å². The van der Waals surface area contributed by atoms with Crippen molar-refractivity contribution in [2.24, 2.45) is 0 Å². The molecule has 0 aliphatic carbocycles. The van der Waals surface area contributed by atoms with Crippen molar-refractivity contribution < 1.29 is 14.3 Å². The summed E-state index contributed by atoms with van der Waals surface area (Å²) >= 11 is 3.18. The molecule has 2 aromatic rings. The highest BCUT2D eigenvalue weighted by atomic mass is 79.9. The predicted octanol–water partition coefficient (Wildman–Crippen LogP) is 3.85. The Hall–Kier alpha value is -1.88. The number of benzene rings is 2.